The highest BCUT2D eigenvalue weighted by Crippen LogP contribution is 2.48. The van der Waals surface area contributed by atoms with E-state index >= 15 is 0 Å². The molecule has 0 amide bonds. The topological polar surface area (TPSA) is 123 Å². The molecular weight excluding hydrogens is 1200 g/mol. The molecule has 2 aliphatic rings. The molecule has 0 fully saturated rings. The van der Waals surface area contributed by atoms with Gasteiger partial charge in [0.2, 0.25) is 0 Å². The first-order chi connectivity index (χ1) is 48.5. The zero-order valence-electron chi connectivity index (χ0n) is 52.6. The van der Waals surface area contributed by atoms with Crippen molar-refractivity contribution in [2.75, 3.05) is 9.80 Å². The monoisotopic (exact) mass is 1250 g/mol. The smallest absolute Gasteiger partial charge is 0.252 e. The van der Waals surface area contributed by atoms with Crippen molar-refractivity contribution in [2.24, 2.45) is 0 Å². The molecule has 0 unspecified atom stereocenters. The van der Waals surface area contributed by atoms with E-state index in [1.54, 1.807) is 0 Å². The van der Waals surface area contributed by atoms with Gasteiger partial charge in [-0.05, 0) is 142 Å². The lowest BCUT2D eigenvalue weighted by atomic mass is 9.33. The summed E-state index contributed by atoms with van der Waals surface area (Å²) < 4.78 is 2.37. The van der Waals surface area contributed by atoms with Crippen LogP contribution in [0.4, 0.5) is 34.1 Å². The Morgan fingerprint density at radius 1 is 0.276 bits per heavy atom. The molecule has 11 heteroatoms. The summed E-state index contributed by atoms with van der Waals surface area (Å²) in [7, 11) is 0. The molecule has 5 heterocycles. The van der Waals surface area contributed by atoms with E-state index in [9.17, 15) is 10.5 Å². The molecule has 13 aromatic carbocycles. The molecule has 0 atom stereocenters. The molecule has 0 radical (unpaired) electrons. The first kappa shape index (κ1) is 57.1. The van der Waals surface area contributed by atoms with E-state index in [-0.39, 0.29) is 6.71 Å². The highest BCUT2D eigenvalue weighted by molar-refractivity contribution is 7.00. The van der Waals surface area contributed by atoms with Crippen LogP contribution in [0.25, 0.3) is 118 Å². The predicted molar refractivity (Wildman–Crippen MR) is 397 cm³/mol. The van der Waals surface area contributed by atoms with Crippen LogP contribution in [-0.4, -0.2) is 36.2 Å². The van der Waals surface area contributed by atoms with E-state index < -0.39 is 0 Å². The zero-order chi connectivity index (χ0) is 65.2. The average molecular weight is 1250 g/mol. The number of fused-ring (bicyclic) bond motifs is 7. The lowest BCUT2D eigenvalue weighted by Crippen LogP contribution is -2.61. The van der Waals surface area contributed by atoms with E-state index in [1.807, 2.05) is 133 Å². The van der Waals surface area contributed by atoms with E-state index in [2.05, 4.69) is 215 Å². The quantitative estimate of drug-likeness (QED) is 0.116. The Labute approximate surface area is 566 Å². The number of hydrogen-bond donors (Lipinski definition) is 0. The van der Waals surface area contributed by atoms with Gasteiger partial charge in [-0.15, -0.1) is 0 Å². The van der Waals surface area contributed by atoms with E-state index in [4.69, 9.17) is 24.9 Å². The Hall–Kier alpha value is -13.6. The molecule has 10 nitrogen and oxygen atoms in total. The van der Waals surface area contributed by atoms with E-state index in [0.717, 1.165) is 145 Å². The number of para-hydroxylation sites is 2. The van der Waals surface area contributed by atoms with Gasteiger partial charge in [0.05, 0.1) is 51.4 Å². The minimum atomic E-state index is -0.235. The first-order valence-corrected chi connectivity index (χ1v) is 32.6. The molecule has 16 aromatic rings. The molecule has 0 saturated carbocycles. The maximum Gasteiger partial charge on any atom is 0.252 e. The molecule has 0 aliphatic carbocycles. The van der Waals surface area contributed by atoms with Gasteiger partial charge in [-0.25, -0.2) is 24.9 Å². The molecule has 18 rings (SSSR count). The van der Waals surface area contributed by atoms with Crippen LogP contribution in [0.1, 0.15) is 11.1 Å². The Bertz CT molecular complexity index is 5650. The lowest BCUT2D eigenvalue weighted by molar-refractivity contribution is 1.06. The second-order valence-corrected chi connectivity index (χ2v) is 24.6. The number of nitrogens with zero attached hydrogens (tertiary/aromatic N) is 10. The van der Waals surface area contributed by atoms with Crippen molar-refractivity contribution in [1.29, 1.82) is 10.5 Å². The zero-order valence-corrected chi connectivity index (χ0v) is 52.6. The third-order valence-electron chi connectivity index (χ3n) is 18.9. The molecule has 0 bridgehead atoms. The SMILES string of the molecule is N#Cc1ccc2c(c1)N(c1ccccc1)c1cc(-c3ccc4c(c3)c3ccc(-c5ccccc5)cc3n4-c3ccc(-c4nc(-c5ccccc5)cc(-c5ccccc5)n4)cc3-c3nc(-c4ccccc4)nc(-c4ccccc4)n3)cc3c1B2c1ccc(C#N)cc1N3c1ccccc1. The fourth-order valence-electron chi connectivity index (χ4n) is 14.3. The summed E-state index contributed by atoms with van der Waals surface area (Å²) in [6.07, 6.45) is 0. The third-order valence-corrected chi connectivity index (χ3v) is 18.9. The highest BCUT2D eigenvalue weighted by atomic mass is 15.2. The van der Waals surface area contributed by atoms with Crippen molar-refractivity contribution in [3.63, 3.8) is 0 Å². The molecule has 0 saturated heterocycles. The van der Waals surface area contributed by atoms with Crippen LogP contribution in [-0.2, 0) is 0 Å². The van der Waals surface area contributed by atoms with Gasteiger partial charge in [0.15, 0.2) is 23.3 Å². The van der Waals surface area contributed by atoms with Crippen LogP contribution >= 0.6 is 0 Å². The summed E-state index contributed by atoms with van der Waals surface area (Å²) in [5.74, 6) is 2.09. The summed E-state index contributed by atoms with van der Waals surface area (Å²) >= 11 is 0. The van der Waals surface area contributed by atoms with Crippen LogP contribution in [0.3, 0.4) is 0 Å². The summed E-state index contributed by atoms with van der Waals surface area (Å²) in [6, 6.07) is 116. The van der Waals surface area contributed by atoms with Gasteiger partial charge in [-0.2, -0.15) is 10.5 Å². The maximum absolute atomic E-state index is 10.6. The Morgan fingerprint density at radius 2 is 0.714 bits per heavy atom. The Kier molecular flexibility index (Phi) is 13.8. The summed E-state index contributed by atoms with van der Waals surface area (Å²) in [5.41, 5.74) is 23.8. The minimum Gasteiger partial charge on any atom is -0.311 e. The molecule has 3 aromatic heterocycles. The summed E-state index contributed by atoms with van der Waals surface area (Å²) in [4.78, 5) is 31.5. The van der Waals surface area contributed by atoms with Gasteiger partial charge in [0, 0.05) is 78.3 Å². The maximum atomic E-state index is 10.6. The van der Waals surface area contributed by atoms with Gasteiger partial charge in [-0.1, -0.05) is 218 Å². The first-order valence-electron chi connectivity index (χ1n) is 32.6. The molecule has 2 aliphatic heterocycles. The number of benzene rings is 13. The number of nitriles is 2. The fraction of sp³-hybridized carbons (Fsp3) is 0. The van der Waals surface area contributed by atoms with Gasteiger partial charge >= 0.3 is 0 Å². The van der Waals surface area contributed by atoms with Crippen molar-refractivity contribution in [2.45, 2.75) is 0 Å². The van der Waals surface area contributed by atoms with Gasteiger partial charge < -0.3 is 14.4 Å². The standard InChI is InChI=1S/C87H53BN10/c89-54-56-36-42-72-79(46-56)96(67-32-18-6-19-33-67)81-51-66(52-82-83(81)88(72)73-43-37-57(55-90)47-80(73)97(82)68-34-20-7-21-35-68)63-39-44-76-70(48-63)69-41-38-64(58-22-8-1-9-23-58)50-78(69)98(76)77-45-40-65(86-91-74(59-24-10-2-11-25-59)53-75(92-86)60-26-12-3-13-27-60)49-71(77)87-94-84(61-28-14-4-15-29-61)93-85(95-87)62-30-16-5-17-31-62/h1-53H. The molecule has 0 N–H and O–H groups in total. The largest absolute Gasteiger partial charge is 0.311 e. The van der Waals surface area contributed by atoms with Crippen molar-refractivity contribution in [1.82, 2.24) is 29.5 Å². The van der Waals surface area contributed by atoms with Gasteiger partial charge in [-0.3, -0.25) is 0 Å². The van der Waals surface area contributed by atoms with Crippen molar-refractivity contribution in [3.05, 3.63) is 333 Å². The number of aromatic nitrogens is 6. The number of anilines is 6. The number of rotatable bonds is 11. The second kappa shape index (κ2) is 23.8. The van der Waals surface area contributed by atoms with Gasteiger partial charge in [0.1, 0.15) is 0 Å². The molecule has 0 spiro atoms. The minimum absolute atomic E-state index is 0.235. The van der Waals surface area contributed by atoms with Crippen LogP contribution in [0.5, 0.6) is 0 Å². The Morgan fingerprint density at radius 3 is 1.22 bits per heavy atom. The summed E-state index contributed by atoms with van der Waals surface area (Å²) in [6.45, 7) is -0.235. The lowest BCUT2D eigenvalue weighted by Gasteiger charge is -2.44. The van der Waals surface area contributed by atoms with Crippen LogP contribution in [0, 0.1) is 22.7 Å². The van der Waals surface area contributed by atoms with Crippen molar-refractivity contribution in [3.8, 4) is 108 Å². The van der Waals surface area contributed by atoms with Crippen molar-refractivity contribution >= 4 is 79.0 Å². The molecule has 98 heavy (non-hydrogen) atoms. The predicted octanol–water partition coefficient (Wildman–Crippen LogP) is 18.9. The van der Waals surface area contributed by atoms with Gasteiger partial charge in [0.25, 0.3) is 6.71 Å². The molecule has 454 valence electrons. The van der Waals surface area contributed by atoms with E-state index in [0.29, 0.717) is 34.4 Å². The van der Waals surface area contributed by atoms with E-state index in [1.165, 1.54) is 0 Å². The van der Waals surface area contributed by atoms with Crippen molar-refractivity contribution < 1.29 is 0 Å². The second-order valence-electron chi connectivity index (χ2n) is 24.6. The van der Waals surface area contributed by atoms with Crippen LogP contribution < -0.4 is 26.2 Å². The fourth-order valence-corrected chi connectivity index (χ4v) is 14.3. The molecular formula is C87H53BN10. The van der Waals surface area contributed by atoms with Crippen LogP contribution in [0.2, 0.25) is 0 Å². The summed E-state index contributed by atoms with van der Waals surface area (Å²) in [5, 5.41) is 23.2. The normalized spacial score (nSPS) is 12.0. The highest BCUT2D eigenvalue weighted by Gasteiger charge is 2.44. The number of hydrogen-bond acceptors (Lipinski definition) is 9. The average Bonchev–Trinajstić information content (AvgIpc) is 0.740. The Balaban J connectivity index is 0.908. The van der Waals surface area contributed by atoms with Crippen LogP contribution in [0.15, 0.2) is 322 Å². The third kappa shape index (κ3) is 9.85.